The van der Waals surface area contributed by atoms with Crippen LogP contribution in [0.1, 0.15) is 160 Å². The van der Waals surface area contributed by atoms with Crippen molar-refractivity contribution < 1.29 is 19.1 Å². The summed E-state index contributed by atoms with van der Waals surface area (Å²) < 4.78 is 11.0. The molecule has 0 atom stereocenters. The molecule has 55 heavy (non-hydrogen) atoms. The molecular formula is C46H65N5O4. The van der Waals surface area contributed by atoms with Crippen molar-refractivity contribution in [3.05, 3.63) is 67.0 Å². The third-order valence-electron chi connectivity index (χ3n) is 11.6. The Labute approximate surface area is 328 Å². The van der Waals surface area contributed by atoms with Gasteiger partial charge in [0.1, 0.15) is 11.4 Å². The first-order chi connectivity index (χ1) is 26.6. The highest BCUT2D eigenvalue weighted by molar-refractivity contribution is 5.93. The fourth-order valence-electron chi connectivity index (χ4n) is 9.25. The summed E-state index contributed by atoms with van der Waals surface area (Å²) in [7, 11) is 0. The molecule has 0 spiro atoms. The second-order valence-corrected chi connectivity index (χ2v) is 14.1. The van der Waals surface area contributed by atoms with Gasteiger partial charge in [-0.3, -0.25) is 0 Å². The molecule has 0 unspecified atom stereocenters. The van der Waals surface area contributed by atoms with Crippen molar-refractivity contribution in [3.63, 3.8) is 0 Å². The van der Waals surface area contributed by atoms with E-state index in [4.69, 9.17) is 9.47 Å². The summed E-state index contributed by atoms with van der Waals surface area (Å²) in [4.78, 5) is 45.3. The fraction of sp³-hybridized carbons (Fsp3) is 0.522. The van der Waals surface area contributed by atoms with Crippen LogP contribution in [0.5, 0.6) is 0 Å². The molecule has 5 aromatic rings. The Balaban J connectivity index is 1.78. The van der Waals surface area contributed by atoms with Crippen LogP contribution in [0, 0.1) is 0 Å². The van der Waals surface area contributed by atoms with Gasteiger partial charge in [0.15, 0.2) is 0 Å². The zero-order valence-corrected chi connectivity index (χ0v) is 35.6. The smallest absolute Gasteiger partial charge is 0.355 e. The number of carbonyl (C=O) groups is 2. The number of esters is 2. The van der Waals surface area contributed by atoms with Crippen molar-refractivity contribution in [1.29, 1.82) is 0 Å². The molecule has 5 aromatic heterocycles. The first-order valence-corrected chi connectivity index (χ1v) is 21.2. The number of carbonyl (C=O) groups excluding carboxylic acids is 2. The third kappa shape index (κ3) is 7.04. The monoisotopic (exact) mass is 752 g/mol. The van der Waals surface area contributed by atoms with E-state index in [0.29, 0.717) is 24.6 Å². The summed E-state index contributed by atoms with van der Waals surface area (Å²) >= 11 is 0. The second-order valence-electron chi connectivity index (χ2n) is 14.1. The van der Waals surface area contributed by atoms with Gasteiger partial charge in [-0.2, -0.15) is 0 Å². The Morgan fingerprint density at radius 1 is 0.309 bits per heavy atom. The number of rotatable bonds is 18. The van der Waals surface area contributed by atoms with E-state index in [0.717, 1.165) is 121 Å². The van der Waals surface area contributed by atoms with Crippen molar-refractivity contribution in [1.82, 2.24) is 24.9 Å². The first kappa shape index (κ1) is 41.5. The molecule has 0 radical (unpaired) electrons. The number of hydrogen-bond acceptors (Lipinski definition) is 4. The van der Waals surface area contributed by atoms with E-state index in [9.17, 15) is 9.59 Å². The Bertz CT molecular complexity index is 2000. The van der Waals surface area contributed by atoms with Crippen LogP contribution in [0.15, 0.2) is 0 Å². The molecular weight excluding hydrogens is 687 g/mol. The molecule has 0 bridgehead atoms. The zero-order valence-electron chi connectivity index (χ0n) is 35.6. The average Bonchev–Trinajstić information content (AvgIpc) is 4.01. The van der Waals surface area contributed by atoms with Gasteiger partial charge in [-0.25, -0.2) is 9.59 Å². The van der Waals surface area contributed by atoms with Crippen molar-refractivity contribution in [2.24, 2.45) is 0 Å². The third-order valence-corrected chi connectivity index (χ3v) is 11.6. The molecule has 0 aliphatic rings. The predicted molar refractivity (Wildman–Crippen MR) is 226 cm³/mol. The van der Waals surface area contributed by atoms with Gasteiger partial charge >= 0.3 is 11.9 Å². The van der Waals surface area contributed by atoms with Crippen molar-refractivity contribution >= 4 is 11.9 Å². The van der Waals surface area contributed by atoms with Gasteiger partial charge in [-0.15, -0.1) is 0 Å². The molecule has 5 N–H and O–H groups in total. The zero-order chi connectivity index (χ0) is 40.1. The normalized spacial score (nSPS) is 11.6. The molecule has 298 valence electrons. The maximum atomic E-state index is 13.2. The summed E-state index contributed by atoms with van der Waals surface area (Å²) in [6.07, 6.45) is 8.27. The van der Waals surface area contributed by atoms with Gasteiger partial charge in [0.25, 0.3) is 0 Å². The van der Waals surface area contributed by atoms with Gasteiger partial charge in [0.2, 0.25) is 0 Å². The summed E-state index contributed by atoms with van der Waals surface area (Å²) in [5, 5.41) is 0. The van der Waals surface area contributed by atoms with Crippen LogP contribution < -0.4 is 0 Å². The van der Waals surface area contributed by atoms with E-state index in [1.165, 1.54) is 44.5 Å². The average molecular weight is 752 g/mol. The molecule has 0 aliphatic carbocycles. The number of ether oxygens (including phenoxy) is 2. The number of aromatic nitrogens is 5. The topological polar surface area (TPSA) is 132 Å². The van der Waals surface area contributed by atoms with Crippen molar-refractivity contribution in [3.8, 4) is 45.6 Å². The van der Waals surface area contributed by atoms with Gasteiger partial charge < -0.3 is 34.4 Å². The number of aromatic amines is 5. The Morgan fingerprint density at radius 2 is 0.491 bits per heavy atom. The number of hydrogen-bond donors (Lipinski definition) is 5. The summed E-state index contributed by atoms with van der Waals surface area (Å²) in [5.74, 6) is -0.597. The minimum atomic E-state index is -0.298. The molecule has 0 saturated carbocycles. The minimum absolute atomic E-state index is 0.298. The first-order valence-electron chi connectivity index (χ1n) is 21.2. The van der Waals surface area contributed by atoms with Gasteiger partial charge in [0, 0.05) is 0 Å². The van der Waals surface area contributed by atoms with E-state index in [-0.39, 0.29) is 11.9 Å². The molecule has 5 rings (SSSR count). The lowest BCUT2D eigenvalue weighted by Crippen LogP contribution is -2.08. The number of H-pyrrole nitrogens is 5. The van der Waals surface area contributed by atoms with Crippen LogP contribution in [0.2, 0.25) is 0 Å². The van der Waals surface area contributed by atoms with Crippen LogP contribution >= 0.6 is 0 Å². The molecule has 0 aliphatic heterocycles. The quantitative estimate of drug-likeness (QED) is 0.0570. The molecule has 5 heterocycles. The molecule has 0 aromatic carbocycles. The highest BCUT2D eigenvalue weighted by Crippen LogP contribution is 2.44. The highest BCUT2D eigenvalue weighted by atomic mass is 16.5. The van der Waals surface area contributed by atoms with Crippen LogP contribution in [0.3, 0.4) is 0 Å². The van der Waals surface area contributed by atoms with Crippen LogP contribution in [-0.2, 0) is 73.7 Å². The highest BCUT2D eigenvalue weighted by Gasteiger charge is 2.31. The summed E-state index contributed by atoms with van der Waals surface area (Å²) in [5.41, 5.74) is 21.9. The molecule has 0 saturated heterocycles. The van der Waals surface area contributed by atoms with Crippen LogP contribution in [-0.4, -0.2) is 50.1 Å². The van der Waals surface area contributed by atoms with E-state index in [1.807, 2.05) is 13.8 Å². The minimum Gasteiger partial charge on any atom is -0.461 e. The maximum Gasteiger partial charge on any atom is 0.355 e. The van der Waals surface area contributed by atoms with Gasteiger partial charge in [0.05, 0.1) is 58.8 Å². The van der Waals surface area contributed by atoms with Crippen LogP contribution in [0.4, 0.5) is 0 Å². The van der Waals surface area contributed by atoms with Gasteiger partial charge in [-0.05, 0) is 134 Å². The molecule has 9 nitrogen and oxygen atoms in total. The van der Waals surface area contributed by atoms with Gasteiger partial charge in [-0.1, -0.05) is 69.2 Å². The maximum absolute atomic E-state index is 13.2. The van der Waals surface area contributed by atoms with Crippen molar-refractivity contribution in [2.45, 2.75) is 147 Å². The fourth-order valence-corrected chi connectivity index (χ4v) is 9.25. The molecule has 9 heteroatoms. The molecule has 0 amide bonds. The Hall–Kier alpha value is -4.66. The lowest BCUT2D eigenvalue weighted by Gasteiger charge is -2.07. The van der Waals surface area contributed by atoms with E-state index in [2.05, 4.69) is 94.2 Å². The lowest BCUT2D eigenvalue weighted by atomic mass is 9.95. The largest absolute Gasteiger partial charge is 0.461 e. The predicted octanol–water partition coefficient (Wildman–Crippen LogP) is 11.0. The summed E-state index contributed by atoms with van der Waals surface area (Å²) in [6, 6.07) is 0. The van der Waals surface area contributed by atoms with E-state index >= 15 is 0 Å². The van der Waals surface area contributed by atoms with E-state index < -0.39 is 0 Å². The molecule has 0 fully saturated rings. The SMILES string of the molecule is CCOC(=O)c1[nH]c(-c2[nH]c(-c3[nH]c(-c4[nH]c(-c5[nH]c(C(=O)OCC)c(CC)c5CC)c(CC)c4CC)c(CC)c3CC)c(CC)c2CC)c(CC)c1CC. The van der Waals surface area contributed by atoms with Crippen molar-refractivity contribution in [2.75, 3.05) is 13.2 Å². The van der Waals surface area contributed by atoms with Crippen LogP contribution in [0.25, 0.3) is 45.6 Å². The Kier molecular flexibility index (Phi) is 13.5. The Morgan fingerprint density at radius 3 is 0.673 bits per heavy atom. The standard InChI is InChI=1S/C46H65N5O4/c1-13-25-26(14-2)36(38-28(16-4)30(18-6)40(49-38)42-32(20-8)34(22-10)44(51-42)46(53)55-24-12)47-35(25)37-27(15-3)29(17-5)39(48-37)41-31(19-7)33(21-9)43(50-41)45(52)54-23-11/h47-51H,13-24H2,1-12H3. The lowest BCUT2D eigenvalue weighted by molar-refractivity contribution is 0.0509. The number of nitrogens with one attached hydrogen (secondary N) is 5. The second kappa shape index (κ2) is 17.9. The summed E-state index contributed by atoms with van der Waals surface area (Å²) in [6.45, 7) is 26.3. The van der Waals surface area contributed by atoms with E-state index in [1.54, 1.807) is 0 Å².